The van der Waals surface area contributed by atoms with Crippen LogP contribution in [0.3, 0.4) is 0 Å². The van der Waals surface area contributed by atoms with Crippen molar-refractivity contribution in [3.8, 4) is 17.6 Å². The van der Waals surface area contributed by atoms with Crippen molar-refractivity contribution in [2.24, 2.45) is 0 Å². The molecule has 3 aromatic carbocycles. The summed E-state index contributed by atoms with van der Waals surface area (Å²) in [6.45, 7) is 6.22. The SMILES string of the molecule is O=C(O)c1nc(N2CCc3cccc([CH]=[Co])c3C2)sc1CCCOc1ccc(C#CCN2CCNCC2)cc1F.[NH-]c1nc2ccccc2s1. The topological polar surface area (TPSA) is 115 Å². The Bertz CT molecular complexity index is 2000. The number of carboxylic acid groups (broad SMARTS) is 1. The van der Waals surface area contributed by atoms with Gasteiger partial charge < -0.3 is 16.0 Å². The minimum Gasteiger partial charge on any atom is -0.473 e. The Morgan fingerprint density at radius 2 is 1.94 bits per heavy atom. The Kier molecular flexibility index (Phi) is 12.2. The van der Waals surface area contributed by atoms with Gasteiger partial charge in [-0.1, -0.05) is 30.0 Å². The predicted octanol–water partition coefficient (Wildman–Crippen LogP) is 6.49. The first-order valence-corrected chi connectivity index (χ1v) is 18.5. The molecule has 5 aromatic rings. The van der Waals surface area contributed by atoms with E-state index >= 15 is 0 Å². The van der Waals surface area contributed by atoms with Gasteiger partial charge in [0.1, 0.15) is 0 Å². The van der Waals surface area contributed by atoms with Crippen LogP contribution >= 0.6 is 22.7 Å². The molecule has 9 nitrogen and oxygen atoms in total. The second-order valence-electron chi connectivity index (χ2n) is 11.7. The Labute approximate surface area is 306 Å². The van der Waals surface area contributed by atoms with Gasteiger partial charge in [-0.2, -0.15) is 0 Å². The van der Waals surface area contributed by atoms with E-state index in [1.807, 2.05) is 36.4 Å². The molecule has 4 heterocycles. The second kappa shape index (κ2) is 17.2. The van der Waals surface area contributed by atoms with Crippen molar-refractivity contribution in [2.75, 3.05) is 50.8 Å². The van der Waals surface area contributed by atoms with Crippen molar-refractivity contribution in [2.45, 2.75) is 25.8 Å². The molecule has 261 valence electrons. The molecule has 2 aliphatic heterocycles. The molecule has 0 bridgehead atoms. The van der Waals surface area contributed by atoms with E-state index in [4.69, 9.17) is 10.5 Å². The molecule has 0 radical (unpaired) electrons. The molecule has 0 atom stereocenters. The van der Waals surface area contributed by atoms with Crippen LogP contribution in [-0.4, -0.2) is 76.8 Å². The van der Waals surface area contributed by atoms with E-state index in [0.29, 0.717) is 46.6 Å². The summed E-state index contributed by atoms with van der Waals surface area (Å²) in [4.78, 5) is 27.3. The number of aromatic carboxylic acids is 1. The molecule has 0 saturated carbocycles. The van der Waals surface area contributed by atoms with Crippen LogP contribution in [0.1, 0.15) is 44.0 Å². The van der Waals surface area contributed by atoms with Gasteiger partial charge in [0.2, 0.25) is 0 Å². The van der Waals surface area contributed by atoms with E-state index in [-0.39, 0.29) is 18.1 Å². The zero-order chi connectivity index (χ0) is 34.9. The molecule has 0 aliphatic carbocycles. The fourth-order valence-corrected chi connectivity index (χ4v) is 7.89. The molecule has 7 rings (SSSR count). The molecule has 50 heavy (non-hydrogen) atoms. The molecule has 2 aromatic heterocycles. The van der Waals surface area contributed by atoms with Crippen LogP contribution in [-0.2, 0) is 34.7 Å². The Hall–Kier alpha value is -4.16. The van der Waals surface area contributed by atoms with Gasteiger partial charge in [-0.25, -0.2) is 4.39 Å². The number of aromatic nitrogens is 2. The predicted molar refractivity (Wildman–Crippen MR) is 195 cm³/mol. The number of hydrogen-bond acceptors (Lipinski definition) is 9. The first kappa shape index (κ1) is 35.7. The van der Waals surface area contributed by atoms with Crippen LogP contribution in [0.4, 0.5) is 14.7 Å². The van der Waals surface area contributed by atoms with Crippen LogP contribution in [0.25, 0.3) is 16.0 Å². The minimum absolute atomic E-state index is 0.0781. The average molecular weight is 755 g/mol. The monoisotopic (exact) mass is 754 g/mol. The van der Waals surface area contributed by atoms with Crippen LogP contribution in [0.2, 0.25) is 0 Å². The van der Waals surface area contributed by atoms with Crippen molar-refractivity contribution in [3.63, 3.8) is 0 Å². The average Bonchev–Trinajstić information content (AvgIpc) is 3.74. The minimum atomic E-state index is -1.04. The number of nitrogens with one attached hydrogen (secondary N) is 2. The van der Waals surface area contributed by atoms with Gasteiger partial charge >= 0.3 is 152 Å². The quantitative estimate of drug-likeness (QED) is 0.130. The van der Waals surface area contributed by atoms with Gasteiger partial charge in [0.15, 0.2) is 11.6 Å². The van der Waals surface area contributed by atoms with E-state index in [2.05, 4.69) is 58.3 Å². The van der Waals surface area contributed by atoms with E-state index in [1.165, 1.54) is 39.9 Å². The number of para-hydroxylation sites is 1. The van der Waals surface area contributed by atoms with Crippen molar-refractivity contribution < 1.29 is 34.3 Å². The molecule has 1 saturated heterocycles. The summed E-state index contributed by atoms with van der Waals surface area (Å²) in [5, 5.41) is 14.2. The number of carboxylic acids is 1. The van der Waals surface area contributed by atoms with Gasteiger partial charge in [0.05, 0.1) is 6.54 Å². The number of fused-ring (bicyclic) bond motifs is 2. The first-order chi connectivity index (χ1) is 24.4. The summed E-state index contributed by atoms with van der Waals surface area (Å²) in [5.41, 5.74) is 12.4. The third kappa shape index (κ3) is 9.14. The van der Waals surface area contributed by atoms with E-state index in [0.717, 1.165) is 54.9 Å². The summed E-state index contributed by atoms with van der Waals surface area (Å²) < 4.78 is 21.4. The zero-order valence-corrected chi connectivity index (χ0v) is 29.9. The van der Waals surface area contributed by atoms with Crippen LogP contribution in [0, 0.1) is 17.7 Å². The van der Waals surface area contributed by atoms with E-state index in [1.54, 1.807) is 17.1 Å². The molecule has 3 N–H and O–H groups in total. The number of ether oxygens (including phenoxy) is 1. The van der Waals surface area contributed by atoms with Crippen molar-refractivity contribution >= 4 is 54.1 Å². The first-order valence-electron chi connectivity index (χ1n) is 16.3. The number of carbonyl (C=O) groups is 1. The Morgan fingerprint density at radius 1 is 1.10 bits per heavy atom. The zero-order valence-electron chi connectivity index (χ0n) is 27.2. The molecule has 0 spiro atoms. The summed E-state index contributed by atoms with van der Waals surface area (Å²) in [5.74, 6) is 4.82. The molecular formula is C37H36CoFN6O3S2-. The maximum atomic E-state index is 14.6. The molecule has 2 aliphatic rings. The summed E-state index contributed by atoms with van der Waals surface area (Å²) in [6.07, 6.45) is 1.88. The second-order valence-corrected chi connectivity index (χ2v) is 14.1. The van der Waals surface area contributed by atoms with Gasteiger partial charge in [-0.15, -0.1) is 11.3 Å². The number of thiazole rings is 2. The van der Waals surface area contributed by atoms with Crippen LogP contribution in [0.5, 0.6) is 5.75 Å². The number of piperazine rings is 1. The number of nitrogens with zero attached hydrogens (tertiary/aromatic N) is 4. The van der Waals surface area contributed by atoms with E-state index in [9.17, 15) is 14.3 Å². The number of anilines is 1. The number of benzene rings is 3. The summed E-state index contributed by atoms with van der Waals surface area (Å²) in [6, 6.07) is 18.7. The van der Waals surface area contributed by atoms with Gasteiger partial charge in [-0.3, -0.25) is 4.90 Å². The maximum absolute atomic E-state index is 14.6. The van der Waals surface area contributed by atoms with Crippen LogP contribution in [0.15, 0.2) is 60.7 Å². The smallest absolute Gasteiger partial charge is 0.473 e. The molecule has 1 fully saturated rings. The molecule has 0 unspecified atom stereocenters. The third-order valence-electron chi connectivity index (χ3n) is 8.35. The van der Waals surface area contributed by atoms with Gasteiger partial charge in [0, 0.05) is 36.4 Å². The molecule has 0 amide bonds. The van der Waals surface area contributed by atoms with Crippen LogP contribution < -0.4 is 15.0 Å². The van der Waals surface area contributed by atoms with E-state index < -0.39 is 11.8 Å². The van der Waals surface area contributed by atoms with Gasteiger partial charge in [-0.05, 0) is 34.9 Å². The Morgan fingerprint density at radius 3 is 2.72 bits per heavy atom. The number of hydrogen-bond donors (Lipinski definition) is 2. The molecular weight excluding hydrogens is 719 g/mol. The summed E-state index contributed by atoms with van der Waals surface area (Å²) >= 11 is 7.21. The Balaban J connectivity index is 0.000000367. The summed E-state index contributed by atoms with van der Waals surface area (Å²) in [7, 11) is 0. The third-order valence-corrected chi connectivity index (χ3v) is 10.7. The standard InChI is InChI=1S/C30H31FN4O3S.C7H5N2S.Co/c1-21-5-2-7-23-11-15-35(20-24(21)23)30-33-28(29(36)37)27(39-30)8-4-18-38-26-10-9-22(19-25(26)31)6-3-14-34-16-12-32-13-17-34;8-7-9-5-3-1-2-4-6(5)10-7;/h1-2,5,7,9-10,19,32H,4,8,11-18,20H2,(H,36,37);1-4H,(H-,8,9);/q;-1;. The number of halogens is 1. The van der Waals surface area contributed by atoms with Crippen molar-refractivity contribution in [3.05, 3.63) is 105 Å². The molecule has 13 heteroatoms. The normalized spacial score (nSPS) is 14.2. The number of aryl methyl sites for hydroxylation is 1. The fourth-order valence-electron chi connectivity index (χ4n) is 5.78. The fraction of sp³-hybridized carbons (Fsp3) is 0.297. The van der Waals surface area contributed by atoms with Gasteiger partial charge in [0.25, 0.3) is 0 Å². The van der Waals surface area contributed by atoms with Crippen molar-refractivity contribution in [1.29, 1.82) is 0 Å². The number of rotatable bonds is 9. The van der Waals surface area contributed by atoms with Crippen molar-refractivity contribution in [1.82, 2.24) is 20.2 Å².